The van der Waals surface area contributed by atoms with Gasteiger partial charge in [-0.3, -0.25) is 4.79 Å². The Bertz CT molecular complexity index is 519. The molecule has 1 N–H and O–H groups in total. The quantitative estimate of drug-likeness (QED) is 0.830. The van der Waals surface area contributed by atoms with Crippen molar-refractivity contribution in [2.24, 2.45) is 0 Å². The minimum atomic E-state index is -0.795. The molecule has 6 heteroatoms. The maximum Gasteiger partial charge on any atom is 0.308 e. The van der Waals surface area contributed by atoms with Crippen LogP contribution >= 0.6 is 34.4 Å². The highest BCUT2D eigenvalue weighted by molar-refractivity contribution is 8.01. The van der Waals surface area contributed by atoms with Gasteiger partial charge >= 0.3 is 5.97 Å². The molecule has 0 aliphatic rings. The number of carbonyl (C=O) groups is 1. The lowest BCUT2D eigenvalue weighted by Crippen LogP contribution is -1.99. The van der Waals surface area contributed by atoms with Gasteiger partial charge in [-0.25, -0.2) is 4.98 Å². The minimum absolute atomic E-state index is 0.0780. The van der Waals surface area contributed by atoms with E-state index in [0.717, 1.165) is 27.1 Å². The molecule has 0 unspecified atom stereocenters. The number of aryl methyl sites for hydroxylation is 2. The lowest BCUT2D eigenvalue weighted by atomic mass is 10.3. The van der Waals surface area contributed by atoms with E-state index >= 15 is 0 Å². The molecule has 0 aromatic carbocycles. The van der Waals surface area contributed by atoms with Crippen LogP contribution in [-0.4, -0.2) is 21.8 Å². The van der Waals surface area contributed by atoms with Crippen LogP contribution < -0.4 is 0 Å². The van der Waals surface area contributed by atoms with Crippen LogP contribution in [0.4, 0.5) is 0 Å². The maximum absolute atomic E-state index is 10.7. The molecule has 0 atom stereocenters. The van der Waals surface area contributed by atoms with Gasteiger partial charge in [-0.2, -0.15) is 11.3 Å². The second-order valence-corrected chi connectivity index (χ2v) is 6.99. The van der Waals surface area contributed by atoms with Crippen LogP contribution in [0, 0.1) is 6.92 Å². The third-order valence-electron chi connectivity index (χ3n) is 2.38. The van der Waals surface area contributed by atoms with Crippen LogP contribution in [0.25, 0.3) is 0 Å². The Balaban J connectivity index is 1.88. The average molecular weight is 299 g/mol. The van der Waals surface area contributed by atoms with Crippen molar-refractivity contribution in [3.05, 3.63) is 33.0 Å². The van der Waals surface area contributed by atoms with Crippen molar-refractivity contribution >= 4 is 40.4 Å². The topological polar surface area (TPSA) is 50.2 Å². The van der Waals surface area contributed by atoms with Crippen LogP contribution in [0.15, 0.2) is 21.2 Å². The normalized spacial score (nSPS) is 10.7. The van der Waals surface area contributed by atoms with E-state index in [1.54, 1.807) is 23.1 Å². The van der Waals surface area contributed by atoms with Gasteiger partial charge in [0.05, 0.1) is 12.1 Å². The Morgan fingerprint density at radius 3 is 3.06 bits per heavy atom. The molecule has 0 amide bonds. The van der Waals surface area contributed by atoms with Gasteiger partial charge < -0.3 is 5.11 Å². The Hall–Kier alpha value is -0.850. The molecule has 0 aliphatic carbocycles. The number of thiophene rings is 1. The lowest BCUT2D eigenvalue weighted by Gasteiger charge is -1.95. The van der Waals surface area contributed by atoms with E-state index in [1.165, 1.54) is 16.9 Å². The van der Waals surface area contributed by atoms with E-state index in [0.29, 0.717) is 0 Å². The maximum atomic E-state index is 10.7. The molecule has 2 aromatic heterocycles. The number of hydrogen-bond donors (Lipinski definition) is 1. The van der Waals surface area contributed by atoms with E-state index in [4.69, 9.17) is 5.11 Å². The SMILES string of the molecule is Cc1nc(SCCc2ccsc2)sc1CC(=O)O. The molecule has 2 aromatic rings. The number of carboxylic acids is 1. The summed E-state index contributed by atoms with van der Waals surface area (Å²) in [5.74, 6) is 0.187. The zero-order chi connectivity index (χ0) is 13.0. The van der Waals surface area contributed by atoms with Gasteiger partial charge in [-0.05, 0) is 35.7 Å². The number of thiazole rings is 1. The Labute approximate surface area is 118 Å². The fourth-order valence-electron chi connectivity index (χ4n) is 1.46. The van der Waals surface area contributed by atoms with Crippen molar-refractivity contribution in [2.45, 2.75) is 24.1 Å². The number of thioether (sulfide) groups is 1. The van der Waals surface area contributed by atoms with Crippen molar-refractivity contribution in [3.63, 3.8) is 0 Å². The van der Waals surface area contributed by atoms with Crippen molar-refractivity contribution < 1.29 is 9.90 Å². The van der Waals surface area contributed by atoms with E-state index < -0.39 is 5.97 Å². The van der Waals surface area contributed by atoms with Crippen molar-refractivity contribution in [3.8, 4) is 0 Å². The lowest BCUT2D eigenvalue weighted by molar-refractivity contribution is -0.136. The summed E-state index contributed by atoms with van der Waals surface area (Å²) >= 11 is 4.91. The average Bonchev–Trinajstić information content (AvgIpc) is 2.90. The fraction of sp³-hybridized carbons (Fsp3) is 0.333. The molecule has 2 rings (SSSR count). The zero-order valence-electron chi connectivity index (χ0n) is 9.88. The first-order chi connectivity index (χ1) is 8.65. The van der Waals surface area contributed by atoms with Crippen molar-refractivity contribution in [1.82, 2.24) is 4.98 Å². The predicted molar refractivity (Wildman–Crippen MR) is 76.9 cm³/mol. The van der Waals surface area contributed by atoms with Gasteiger partial charge in [0.1, 0.15) is 4.34 Å². The number of aliphatic carboxylic acids is 1. The van der Waals surface area contributed by atoms with E-state index in [1.807, 2.05) is 6.92 Å². The zero-order valence-corrected chi connectivity index (χ0v) is 12.3. The molecule has 0 bridgehead atoms. The molecule has 0 radical (unpaired) electrons. The first-order valence-electron chi connectivity index (χ1n) is 5.47. The monoisotopic (exact) mass is 299 g/mol. The van der Waals surface area contributed by atoms with E-state index in [2.05, 4.69) is 21.8 Å². The van der Waals surface area contributed by atoms with Crippen LogP contribution in [0.5, 0.6) is 0 Å². The molecule has 18 heavy (non-hydrogen) atoms. The fourth-order valence-corrected chi connectivity index (χ4v) is 4.44. The molecule has 0 saturated heterocycles. The Morgan fingerprint density at radius 2 is 2.39 bits per heavy atom. The molecular weight excluding hydrogens is 286 g/mol. The third-order valence-corrected chi connectivity index (χ3v) is 5.42. The van der Waals surface area contributed by atoms with Crippen molar-refractivity contribution in [2.75, 3.05) is 5.75 Å². The van der Waals surface area contributed by atoms with Gasteiger partial charge in [0.25, 0.3) is 0 Å². The van der Waals surface area contributed by atoms with Crippen LogP contribution in [0.1, 0.15) is 16.1 Å². The van der Waals surface area contributed by atoms with Gasteiger partial charge in [0.15, 0.2) is 0 Å². The molecule has 2 heterocycles. The van der Waals surface area contributed by atoms with Crippen molar-refractivity contribution in [1.29, 1.82) is 0 Å². The summed E-state index contributed by atoms with van der Waals surface area (Å²) < 4.78 is 0.971. The van der Waals surface area contributed by atoms with Crippen LogP contribution in [-0.2, 0) is 17.6 Å². The number of nitrogens with zero attached hydrogens (tertiary/aromatic N) is 1. The molecule has 0 spiro atoms. The largest absolute Gasteiger partial charge is 0.481 e. The Kier molecular flexibility index (Phi) is 4.79. The first kappa shape index (κ1) is 13.6. The number of rotatable bonds is 6. The second kappa shape index (κ2) is 6.36. The summed E-state index contributed by atoms with van der Waals surface area (Å²) in [5.41, 5.74) is 2.20. The third kappa shape index (κ3) is 3.83. The molecule has 3 nitrogen and oxygen atoms in total. The van der Waals surface area contributed by atoms with Crippen LogP contribution in [0.2, 0.25) is 0 Å². The number of hydrogen-bond acceptors (Lipinski definition) is 5. The van der Waals surface area contributed by atoms with Gasteiger partial charge in [0, 0.05) is 10.6 Å². The number of carboxylic acid groups (broad SMARTS) is 1. The first-order valence-corrected chi connectivity index (χ1v) is 8.21. The molecule has 0 saturated carbocycles. The molecular formula is C12H13NO2S3. The van der Waals surface area contributed by atoms with Gasteiger partial charge in [-0.1, -0.05) is 11.8 Å². The summed E-state index contributed by atoms with van der Waals surface area (Å²) in [6.45, 7) is 1.87. The minimum Gasteiger partial charge on any atom is -0.481 e. The van der Waals surface area contributed by atoms with Crippen LogP contribution in [0.3, 0.4) is 0 Å². The summed E-state index contributed by atoms with van der Waals surface area (Å²) in [4.78, 5) is 15.9. The summed E-state index contributed by atoms with van der Waals surface area (Å²) in [7, 11) is 0. The standard InChI is InChI=1S/C12H13NO2S3/c1-8-10(6-11(14)15)18-12(13-8)17-5-3-9-2-4-16-7-9/h2,4,7H,3,5-6H2,1H3,(H,14,15). The second-order valence-electron chi connectivity index (χ2n) is 3.79. The molecule has 0 aliphatic heterocycles. The Morgan fingerprint density at radius 1 is 1.56 bits per heavy atom. The summed E-state index contributed by atoms with van der Waals surface area (Å²) in [6.07, 6.45) is 1.11. The highest BCUT2D eigenvalue weighted by Gasteiger charge is 2.11. The highest BCUT2D eigenvalue weighted by Crippen LogP contribution is 2.28. The molecule has 96 valence electrons. The highest BCUT2D eigenvalue weighted by atomic mass is 32.2. The summed E-state index contributed by atoms with van der Waals surface area (Å²) in [6, 6.07) is 2.13. The van der Waals surface area contributed by atoms with Gasteiger partial charge in [-0.15, -0.1) is 11.3 Å². The van der Waals surface area contributed by atoms with E-state index in [-0.39, 0.29) is 6.42 Å². The molecule has 0 fully saturated rings. The summed E-state index contributed by atoms with van der Waals surface area (Å²) in [5, 5.41) is 13.0. The van der Waals surface area contributed by atoms with E-state index in [9.17, 15) is 4.79 Å². The van der Waals surface area contributed by atoms with Gasteiger partial charge in [0.2, 0.25) is 0 Å². The predicted octanol–water partition coefficient (Wildman–Crippen LogP) is 3.47. The number of aromatic nitrogens is 1. The smallest absolute Gasteiger partial charge is 0.308 e.